The van der Waals surface area contributed by atoms with Gasteiger partial charge in [-0.1, -0.05) is 0 Å². The molecule has 170 valence electrons. The number of ether oxygens (including phenoxy) is 1. The number of hydrogen-bond donors (Lipinski definition) is 1. The van der Waals surface area contributed by atoms with Crippen LogP contribution in [0.15, 0.2) is 6.20 Å². The van der Waals surface area contributed by atoms with Crippen LogP contribution in [-0.2, 0) is 21.3 Å². The first-order valence-electron chi connectivity index (χ1n) is 10.9. The second kappa shape index (κ2) is 10.2. The minimum absolute atomic E-state index is 0.111. The largest absolute Gasteiger partial charge is 0.381 e. The highest BCUT2D eigenvalue weighted by atomic mass is 32.2. The molecule has 1 unspecified atom stereocenters. The molecule has 2 fully saturated rings. The Morgan fingerprint density at radius 2 is 2.03 bits per heavy atom. The molecular weight excluding hydrogens is 406 g/mol. The molecule has 0 saturated carbocycles. The van der Waals surface area contributed by atoms with Crippen molar-refractivity contribution in [2.75, 3.05) is 45.6 Å². The summed E-state index contributed by atoms with van der Waals surface area (Å²) >= 11 is 0. The maximum Gasteiger partial charge on any atom is 0.254 e. The van der Waals surface area contributed by atoms with Gasteiger partial charge in [0.2, 0.25) is 10.0 Å². The SMILES string of the molecule is CCn1ncc(C(=O)NCCN(C2CCOCC2)C2CCCN(S(C)(=O)=O)C2)c1C. The van der Waals surface area contributed by atoms with Gasteiger partial charge in [0, 0.05) is 63.7 Å². The van der Waals surface area contributed by atoms with Gasteiger partial charge in [0.15, 0.2) is 0 Å². The number of amides is 1. The molecule has 1 aromatic heterocycles. The third-order valence-corrected chi connectivity index (χ3v) is 7.53. The topological polar surface area (TPSA) is 96.8 Å². The Balaban J connectivity index is 1.64. The van der Waals surface area contributed by atoms with Gasteiger partial charge in [0.1, 0.15) is 0 Å². The van der Waals surface area contributed by atoms with Crippen molar-refractivity contribution < 1.29 is 17.9 Å². The molecule has 0 aliphatic carbocycles. The summed E-state index contributed by atoms with van der Waals surface area (Å²) in [6.45, 7) is 8.41. The van der Waals surface area contributed by atoms with Gasteiger partial charge in [-0.25, -0.2) is 12.7 Å². The molecule has 0 bridgehead atoms. The highest BCUT2D eigenvalue weighted by Crippen LogP contribution is 2.24. The fourth-order valence-corrected chi connectivity index (χ4v) is 5.46. The number of nitrogens with zero attached hydrogens (tertiary/aromatic N) is 4. The Labute approximate surface area is 179 Å². The minimum atomic E-state index is -3.20. The minimum Gasteiger partial charge on any atom is -0.381 e. The molecule has 2 aliphatic rings. The number of carbonyl (C=O) groups excluding carboxylic acids is 1. The number of hydrogen-bond acceptors (Lipinski definition) is 6. The van der Waals surface area contributed by atoms with E-state index in [1.165, 1.54) is 6.26 Å². The maximum atomic E-state index is 12.6. The highest BCUT2D eigenvalue weighted by Gasteiger charge is 2.33. The highest BCUT2D eigenvalue weighted by molar-refractivity contribution is 7.88. The molecule has 3 rings (SSSR count). The lowest BCUT2D eigenvalue weighted by molar-refractivity contribution is 0.00673. The summed E-state index contributed by atoms with van der Waals surface area (Å²) in [4.78, 5) is 15.0. The van der Waals surface area contributed by atoms with E-state index in [0.29, 0.717) is 37.8 Å². The number of rotatable bonds is 8. The monoisotopic (exact) mass is 441 g/mol. The van der Waals surface area contributed by atoms with Crippen LogP contribution < -0.4 is 5.32 Å². The van der Waals surface area contributed by atoms with Crippen LogP contribution in [0, 0.1) is 6.92 Å². The molecule has 1 amide bonds. The molecular formula is C20H35N5O4S. The second-order valence-corrected chi connectivity index (χ2v) is 10.2. The van der Waals surface area contributed by atoms with Gasteiger partial charge >= 0.3 is 0 Å². The fourth-order valence-electron chi connectivity index (χ4n) is 4.55. The van der Waals surface area contributed by atoms with Crippen LogP contribution in [0.4, 0.5) is 0 Å². The quantitative estimate of drug-likeness (QED) is 0.642. The van der Waals surface area contributed by atoms with Crippen LogP contribution >= 0.6 is 0 Å². The van der Waals surface area contributed by atoms with E-state index in [1.807, 2.05) is 18.5 Å². The van der Waals surface area contributed by atoms with Crippen molar-refractivity contribution in [2.24, 2.45) is 0 Å². The van der Waals surface area contributed by atoms with E-state index in [2.05, 4.69) is 15.3 Å². The van der Waals surface area contributed by atoms with Crippen molar-refractivity contribution in [3.05, 3.63) is 17.5 Å². The van der Waals surface area contributed by atoms with Crippen LogP contribution in [0.3, 0.4) is 0 Å². The number of carbonyl (C=O) groups is 1. The molecule has 0 aromatic carbocycles. The summed E-state index contributed by atoms with van der Waals surface area (Å²) in [6.07, 6.45) is 6.61. The predicted molar refractivity (Wildman–Crippen MR) is 115 cm³/mol. The number of aromatic nitrogens is 2. The van der Waals surface area contributed by atoms with Crippen LogP contribution in [0.1, 0.15) is 48.7 Å². The molecule has 2 aliphatic heterocycles. The summed E-state index contributed by atoms with van der Waals surface area (Å²) in [7, 11) is -3.20. The Kier molecular flexibility index (Phi) is 7.89. The summed E-state index contributed by atoms with van der Waals surface area (Å²) in [6, 6.07) is 0.516. The smallest absolute Gasteiger partial charge is 0.254 e. The molecule has 2 saturated heterocycles. The maximum absolute atomic E-state index is 12.6. The van der Waals surface area contributed by atoms with Crippen LogP contribution in [0.2, 0.25) is 0 Å². The molecule has 30 heavy (non-hydrogen) atoms. The molecule has 9 nitrogen and oxygen atoms in total. The Hall–Kier alpha value is -1.49. The zero-order chi connectivity index (χ0) is 21.7. The molecule has 10 heteroatoms. The first-order valence-corrected chi connectivity index (χ1v) is 12.7. The van der Waals surface area contributed by atoms with Crippen molar-refractivity contribution in [1.29, 1.82) is 0 Å². The van der Waals surface area contributed by atoms with Crippen molar-refractivity contribution in [1.82, 2.24) is 24.3 Å². The molecule has 1 aromatic rings. The van der Waals surface area contributed by atoms with Gasteiger partial charge in [0.05, 0.1) is 18.0 Å². The van der Waals surface area contributed by atoms with E-state index in [4.69, 9.17) is 4.74 Å². The lowest BCUT2D eigenvalue weighted by Gasteiger charge is -2.43. The second-order valence-electron chi connectivity index (χ2n) is 8.21. The summed E-state index contributed by atoms with van der Waals surface area (Å²) in [5.74, 6) is -0.111. The number of nitrogens with one attached hydrogen (secondary N) is 1. The van der Waals surface area contributed by atoms with E-state index < -0.39 is 10.0 Å². The van der Waals surface area contributed by atoms with Gasteiger partial charge < -0.3 is 10.1 Å². The van der Waals surface area contributed by atoms with Gasteiger partial charge in [-0.15, -0.1) is 0 Å². The average Bonchev–Trinajstić information content (AvgIpc) is 3.11. The predicted octanol–water partition coefficient (Wildman–Crippen LogP) is 0.846. The Bertz CT molecular complexity index is 819. The number of sulfonamides is 1. The zero-order valence-electron chi connectivity index (χ0n) is 18.3. The fraction of sp³-hybridized carbons (Fsp3) is 0.800. The summed E-state index contributed by atoms with van der Waals surface area (Å²) < 4.78 is 33.1. The molecule has 1 atom stereocenters. The zero-order valence-corrected chi connectivity index (χ0v) is 19.2. The Morgan fingerprint density at radius 1 is 1.30 bits per heavy atom. The van der Waals surface area contributed by atoms with Gasteiger partial charge in [-0.05, 0) is 39.5 Å². The van der Waals surface area contributed by atoms with Crippen molar-refractivity contribution >= 4 is 15.9 Å². The standard InChI is InChI=1S/C20H35N5O4S/c1-4-25-16(2)19(14-22-25)20(26)21-9-11-24(17-7-12-29-13-8-17)18-6-5-10-23(15-18)30(3,27)28/h14,17-18H,4-13,15H2,1-3H3,(H,21,26). The first kappa shape index (κ1) is 23.2. The number of aryl methyl sites for hydroxylation is 1. The lowest BCUT2D eigenvalue weighted by Crippen LogP contribution is -2.55. The van der Waals surface area contributed by atoms with E-state index >= 15 is 0 Å². The molecule has 1 N–H and O–H groups in total. The van der Waals surface area contributed by atoms with E-state index in [-0.39, 0.29) is 11.9 Å². The third kappa shape index (κ3) is 5.60. The first-order chi connectivity index (χ1) is 14.3. The van der Waals surface area contributed by atoms with Crippen molar-refractivity contribution in [2.45, 2.75) is 58.2 Å². The van der Waals surface area contributed by atoms with Crippen molar-refractivity contribution in [3.8, 4) is 0 Å². The molecule has 3 heterocycles. The average molecular weight is 442 g/mol. The van der Waals surface area contributed by atoms with Gasteiger partial charge in [0.25, 0.3) is 5.91 Å². The van der Waals surface area contributed by atoms with E-state index in [0.717, 1.165) is 51.1 Å². The van der Waals surface area contributed by atoms with Crippen LogP contribution in [0.25, 0.3) is 0 Å². The van der Waals surface area contributed by atoms with E-state index in [1.54, 1.807) is 10.5 Å². The van der Waals surface area contributed by atoms with Gasteiger partial charge in [-0.2, -0.15) is 5.10 Å². The summed E-state index contributed by atoms with van der Waals surface area (Å²) in [5, 5.41) is 7.28. The Morgan fingerprint density at radius 3 is 2.67 bits per heavy atom. The third-order valence-electron chi connectivity index (χ3n) is 6.26. The van der Waals surface area contributed by atoms with Crippen LogP contribution in [0.5, 0.6) is 0 Å². The van der Waals surface area contributed by atoms with Crippen molar-refractivity contribution in [3.63, 3.8) is 0 Å². The molecule has 0 spiro atoms. The van der Waals surface area contributed by atoms with Gasteiger partial charge in [-0.3, -0.25) is 14.4 Å². The van der Waals surface area contributed by atoms with E-state index in [9.17, 15) is 13.2 Å². The summed E-state index contributed by atoms with van der Waals surface area (Å²) in [5.41, 5.74) is 1.47. The normalized spacial score (nSPS) is 21.8. The number of piperidine rings is 1. The molecule has 0 radical (unpaired) electrons. The van der Waals surface area contributed by atoms with Crippen LogP contribution in [-0.4, -0.2) is 91.0 Å². The lowest BCUT2D eigenvalue weighted by atomic mass is 9.99.